The molecule has 27 atom stereocenters. The van der Waals surface area contributed by atoms with Crippen LogP contribution in [0.15, 0.2) is 0 Å². The molecule has 0 saturated heterocycles. The van der Waals surface area contributed by atoms with E-state index in [0.29, 0.717) is 87.1 Å². The predicted molar refractivity (Wildman–Crippen MR) is 359 cm³/mol. The largest absolute Gasteiger partial charge is 0.481 e. The van der Waals surface area contributed by atoms with Gasteiger partial charge in [0.2, 0.25) is 5.91 Å². The Balaban J connectivity index is 0.000000154. The van der Waals surface area contributed by atoms with E-state index in [2.05, 4.69) is 67.6 Å². The van der Waals surface area contributed by atoms with E-state index < -0.39 is 17.9 Å². The maximum absolute atomic E-state index is 12.1. The molecule has 12 aliphatic carbocycles. The average Bonchev–Trinajstić information content (AvgIpc) is 1.37. The van der Waals surface area contributed by atoms with Crippen LogP contribution >= 0.6 is 0 Å². The number of aliphatic hydroxyl groups is 2. The Morgan fingerprint density at radius 1 is 0.402 bits per heavy atom. The molecule has 0 spiro atoms. The van der Waals surface area contributed by atoms with Gasteiger partial charge in [0, 0.05) is 19.3 Å². The highest BCUT2D eigenvalue weighted by molar-refractivity contribution is 5.81. The molecular weight excluding hydrogens is 1150 g/mol. The number of Topliss-reactive ketones (excluding diaryl/α,β-unsaturated/α-hetero) is 1. The van der Waals surface area contributed by atoms with Gasteiger partial charge in [0.1, 0.15) is 18.4 Å². The summed E-state index contributed by atoms with van der Waals surface area (Å²) in [5.41, 5.74) is 2.46. The van der Waals surface area contributed by atoms with Crippen molar-refractivity contribution >= 4 is 35.6 Å². The molecule has 0 aromatic heterocycles. The Bertz CT molecular complexity index is 2510. The summed E-state index contributed by atoms with van der Waals surface area (Å²) in [5, 5.41) is 49.6. The lowest BCUT2D eigenvalue weighted by Crippen LogP contribution is -2.54. The fraction of sp³-hybridized carbons (Fsp3) is 0.924. The number of esters is 1. The first-order valence-corrected chi connectivity index (χ1v) is 38.4. The number of carboxylic acids is 3. The monoisotopic (exact) mass is 1280 g/mol. The highest BCUT2D eigenvalue weighted by Crippen LogP contribution is 2.72. The smallest absolute Gasteiger partial charge is 0.322 e. The summed E-state index contributed by atoms with van der Waals surface area (Å²) in [4.78, 5) is 68.3. The quantitative estimate of drug-likeness (QED) is 0.0705. The van der Waals surface area contributed by atoms with Crippen molar-refractivity contribution in [3.63, 3.8) is 0 Å². The van der Waals surface area contributed by atoms with Crippen molar-refractivity contribution in [3.05, 3.63) is 0 Å². The van der Waals surface area contributed by atoms with Gasteiger partial charge >= 0.3 is 23.9 Å². The van der Waals surface area contributed by atoms with Crippen molar-refractivity contribution in [2.24, 2.45) is 139 Å². The first-order chi connectivity index (χ1) is 43.4. The Morgan fingerprint density at radius 2 is 0.761 bits per heavy atom. The van der Waals surface area contributed by atoms with Gasteiger partial charge in [-0.25, -0.2) is 0 Å². The summed E-state index contributed by atoms with van der Waals surface area (Å²) in [6.07, 6.45) is 37.1. The van der Waals surface area contributed by atoms with Crippen LogP contribution in [-0.2, 0) is 33.5 Å². The lowest BCUT2D eigenvalue weighted by atomic mass is 9.44. The number of aliphatic hydroxyl groups excluding tert-OH is 2. The lowest BCUT2D eigenvalue weighted by Gasteiger charge is -2.61. The van der Waals surface area contributed by atoms with Crippen molar-refractivity contribution in [3.8, 4) is 0 Å². The van der Waals surface area contributed by atoms with Crippen LogP contribution in [0.4, 0.5) is 0 Å². The van der Waals surface area contributed by atoms with E-state index in [1.807, 2.05) is 0 Å². The van der Waals surface area contributed by atoms with E-state index in [9.17, 15) is 39.0 Å². The molecule has 9 unspecified atom stereocenters. The number of aliphatic carboxylic acids is 3. The number of nitrogens with one attached hydrogen (secondary N) is 1. The average molecular weight is 1280 g/mol. The van der Waals surface area contributed by atoms with Crippen molar-refractivity contribution in [1.82, 2.24) is 5.32 Å². The number of rotatable bonds is 18. The Kier molecular flexibility index (Phi) is 22.4. The third-order valence-electron chi connectivity index (χ3n) is 32.0. The van der Waals surface area contributed by atoms with Gasteiger partial charge in [0.05, 0.1) is 25.0 Å². The molecular formula is C79H129NO12. The van der Waals surface area contributed by atoms with E-state index in [1.165, 1.54) is 128 Å². The minimum Gasteiger partial charge on any atom is -0.481 e. The van der Waals surface area contributed by atoms with Crippen LogP contribution in [0, 0.1) is 139 Å². The molecule has 0 bridgehead atoms. The number of amides is 1. The van der Waals surface area contributed by atoms with Crippen molar-refractivity contribution in [2.45, 2.75) is 312 Å². The van der Waals surface area contributed by atoms with Crippen molar-refractivity contribution in [2.75, 3.05) is 6.54 Å². The molecule has 0 aromatic carbocycles. The molecule has 0 radical (unpaired) electrons. The molecule has 12 rings (SSSR count). The summed E-state index contributed by atoms with van der Waals surface area (Å²) in [7, 11) is 0. The van der Waals surface area contributed by atoms with Crippen LogP contribution in [-0.4, -0.2) is 86.0 Å². The number of hydrogen-bond acceptors (Lipinski definition) is 9. The molecule has 13 nitrogen and oxygen atoms in total. The fourth-order valence-corrected chi connectivity index (χ4v) is 27.2. The zero-order valence-corrected chi connectivity index (χ0v) is 59.2. The first-order valence-electron chi connectivity index (χ1n) is 38.4. The molecule has 1 amide bonds. The summed E-state index contributed by atoms with van der Waals surface area (Å²) >= 11 is 0. The maximum Gasteiger partial charge on any atom is 0.322 e. The van der Waals surface area contributed by atoms with Gasteiger partial charge in [-0.15, -0.1) is 0 Å². The zero-order chi connectivity index (χ0) is 66.5. The van der Waals surface area contributed by atoms with Gasteiger partial charge in [-0.1, -0.05) is 62.3 Å². The number of ether oxygens (including phenoxy) is 1. The van der Waals surface area contributed by atoms with Gasteiger partial charge in [0.25, 0.3) is 0 Å². The normalized spacial score (nSPS) is 45.6. The molecule has 12 saturated carbocycles. The van der Waals surface area contributed by atoms with E-state index in [-0.39, 0.29) is 55.0 Å². The Morgan fingerprint density at radius 3 is 1.15 bits per heavy atom. The summed E-state index contributed by atoms with van der Waals surface area (Å²) in [6.45, 7) is 23.8. The van der Waals surface area contributed by atoms with Gasteiger partial charge in [-0.3, -0.25) is 24.0 Å². The van der Waals surface area contributed by atoms with Crippen LogP contribution in [0.1, 0.15) is 294 Å². The second-order valence-electron chi connectivity index (χ2n) is 36.1. The highest BCUT2D eigenvalue weighted by atomic mass is 16.5. The fourth-order valence-electron chi connectivity index (χ4n) is 27.2. The number of fused-ring (bicyclic) bond motifs is 15. The molecule has 0 aromatic rings. The van der Waals surface area contributed by atoms with E-state index in [4.69, 9.17) is 20.1 Å². The number of carbonyl (C=O) groups excluding carboxylic acids is 3. The number of carboxylic acid groups (broad SMARTS) is 3. The summed E-state index contributed by atoms with van der Waals surface area (Å²) < 4.78 is 5.70. The third-order valence-corrected chi connectivity index (χ3v) is 32.0. The molecule has 6 N–H and O–H groups in total. The van der Waals surface area contributed by atoms with Crippen LogP contribution in [0.5, 0.6) is 0 Å². The zero-order valence-electron chi connectivity index (χ0n) is 59.2. The number of hydrogen-bond donors (Lipinski definition) is 6. The van der Waals surface area contributed by atoms with Gasteiger partial charge < -0.3 is 40.4 Å². The van der Waals surface area contributed by atoms with Crippen LogP contribution < -0.4 is 5.32 Å². The second kappa shape index (κ2) is 28.8. The third kappa shape index (κ3) is 14.3. The predicted octanol–water partition coefficient (Wildman–Crippen LogP) is 16.6. The van der Waals surface area contributed by atoms with Crippen LogP contribution in [0.3, 0.4) is 0 Å². The minimum absolute atomic E-state index is 0.0357. The van der Waals surface area contributed by atoms with Gasteiger partial charge in [-0.05, 0) is 339 Å². The van der Waals surface area contributed by atoms with E-state index in [0.717, 1.165) is 136 Å². The topological polar surface area (TPSA) is 225 Å². The molecule has 12 fully saturated rings. The summed E-state index contributed by atoms with van der Waals surface area (Å²) in [5.74, 6) is 10.5. The molecule has 0 aliphatic heterocycles. The van der Waals surface area contributed by atoms with Crippen LogP contribution in [0.25, 0.3) is 0 Å². The second-order valence-corrected chi connectivity index (χ2v) is 36.1. The lowest BCUT2D eigenvalue weighted by molar-refractivity contribution is -0.164. The van der Waals surface area contributed by atoms with Crippen molar-refractivity contribution < 1.29 is 59.0 Å². The SMILES string of the molecule is CC(=O)CC[C@@H](C)C1CC[C@H]2C3CC[C@@H]4C[C@H](O)CC[C@]4(C)C3CC[C@]12C.C[C@H](CCC(=O)NCC(=O)O)C1CC[C@H]2C3CC[C@@H]4C[C@H](OC(=O)CCC(=O)O)CC[C@]4(C)C3CC[C@]12C.C[C@H](CCC(=O)O)C1CC[C@H]2C3CC[C@@H]4C[C@H](O)CC[C@]4(C)C3CC[C@]12C. The number of ketones is 1. The Labute approximate surface area is 555 Å². The Hall–Kier alpha value is -3.06. The van der Waals surface area contributed by atoms with E-state index in [1.54, 1.807) is 6.92 Å². The van der Waals surface area contributed by atoms with Gasteiger partial charge in [0.15, 0.2) is 0 Å². The number of carbonyl (C=O) groups is 6. The molecule has 12 aliphatic rings. The van der Waals surface area contributed by atoms with Crippen molar-refractivity contribution in [1.29, 1.82) is 0 Å². The molecule has 522 valence electrons. The first kappa shape index (κ1) is 71.7. The van der Waals surface area contributed by atoms with Crippen LogP contribution in [0.2, 0.25) is 0 Å². The molecule has 0 heterocycles. The molecule has 13 heteroatoms. The standard InChI is InChI=1S/C30H47NO7.C25H42O2.C24H40O3/c1-18(4-9-25(32)31-17-27(35)36)22-7-8-23-21-6-5-19-16-20(38-28(37)11-10-26(33)34)12-14-29(19,2)24(21)13-15-30(22,23)3;1-16(5-6-17(2)26)21-9-10-22-20-8-7-18-15-19(27)11-13-24(18,3)23(20)12-14-25(21,22)4;1-15(4-9-22(26)27)19-7-8-20-18-6-5-16-14-17(25)10-12-23(16,2)21(18)11-13-24(19,20)3/h18-24H,4-17H2,1-3H3,(H,31,32)(H,33,34)(H,35,36);16,18-23,27H,5-15H2,1-4H3;15-21,25H,4-14H2,1-3H3,(H,26,27)/t18-,19-,20-,21?,22?,23+,24?,29+,30-;16-,18-,19-,20?,21?,22+,23?,24+,25-;15-,16-,17-,18?,19?,20+,21?,23+,24-/m111/s1. The van der Waals surface area contributed by atoms with E-state index >= 15 is 0 Å². The minimum atomic E-state index is -1.01. The van der Waals surface area contributed by atoms with Gasteiger partial charge in [-0.2, -0.15) is 0 Å². The summed E-state index contributed by atoms with van der Waals surface area (Å²) in [6, 6.07) is 0. The highest BCUT2D eigenvalue weighted by Gasteiger charge is 2.64. The molecule has 92 heavy (non-hydrogen) atoms. The maximum atomic E-state index is 12.1.